The first-order valence-corrected chi connectivity index (χ1v) is 5.97. The number of halogens is 2. The summed E-state index contributed by atoms with van der Waals surface area (Å²) in [6.45, 7) is 0.289. The van der Waals surface area contributed by atoms with Gasteiger partial charge in [-0.25, -0.2) is 8.78 Å². The van der Waals surface area contributed by atoms with E-state index in [2.05, 4.69) is 5.32 Å². The zero-order chi connectivity index (χ0) is 11.8. The minimum absolute atomic E-state index is 0.0950. The van der Waals surface area contributed by atoms with E-state index < -0.39 is 13.0 Å². The van der Waals surface area contributed by atoms with Crippen LogP contribution in [0.15, 0.2) is 0 Å². The van der Waals surface area contributed by atoms with Crippen molar-refractivity contribution in [2.45, 2.75) is 50.7 Å². The van der Waals surface area contributed by atoms with Gasteiger partial charge >= 0.3 is 0 Å². The molecule has 0 aromatic carbocycles. The van der Waals surface area contributed by atoms with Crippen molar-refractivity contribution in [2.75, 3.05) is 19.8 Å². The number of hydrogen-bond donors (Lipinski definition) is 2. The second kappa shape index (κ2) is 7.92. The fraction of sp³-hybridized carbons (Fsp3) is 1.00. The highest BCUT2D eigenvalue weighted by Gasteiger charge is 2.20. The van der Waals surface area contributed by atoms with Crippen LogP contribution in [-0.2, 0) is 4.74 Å². The lowest BCUT2D eigenvalue weighted by molar-refractivity contribution is 0.0163. The Labute approximate surface area is 95.2 Å². The smallest absolute Gasteiger partial charge is 0.261 e. The van der Waals surface area contributed by atoms with E-state index in [9.17, 15) is 13.9 Å². The Balaban J connectivity index is 2.06. The monoisotopic (exact) mass is 237 g/mol. The fourth-order valence-electron chi connectivity index (χ4n) is 2.02. The lowest BCUT2D eigenvalue weighted by Crippen LogP contribution is -2.40. The molecular weight excluding hydrogens is 216 g/mol. The molecule has 0 aromatic rings. The molecule has 0 aromatic heterocycles. The van der Waals surface area contributed by atoms with E-state index in [-0.39, 0.29) is 18.8 Å². The molecular formula is C11H21F2NO2. The highest BCUT2D eigenvalue weighted by atomic mass is 19.3. The summed E-state index contributed by atoms with van der Waals surface area (Å²) in [7, 11) is 0. The molecule has 0 bridgehead atoms. The van der Waals surface area contributed by atoms with E-state index in [1.165, 1.54) is 0 Å². The van der Waals surface area contributed by atoms with E-state index in [1.807, 2.05) is 0 Å². The van der Waals surface area contributed by atoms with E-state index >= 15 is 0 Å². The van der Waals surface area contributed by atoms with Gasteiger partial charge in [-0.15, -0.1) is 0 Å². The van der Waals surface area contributed by atoms with Gasteiger partial charge < -0.3 is 15.2 Å². The van der Waals surface area contributed by atoms with Crippen molar-refractivity contribution in [2.24, 2.45) is 0 Å². The zero-order valence-electron chi connectivity index (χ0n) is 9.50. The second-order valence-electron chi connectivity index (χ2n) is 4.23. The van der Waals surface area contributed by atoms with Crippen molar-refractivity contribution in [1.82, 2.24) is 5.32 Å². The average molecular weight is 237 g/mol. The molecule has 1 fully saturated rings. The Morgan fingerprint density at radius 2 is 2.00 bits per heavy atom. The first kappa shape index (κ1) is 13.8. The lowest BCUT2D eigenvalue weighted by Gasteiger charge is -2.21. The van der Waals surface area contributed by atoms with Crippen LogP contribution < -0.4 is 5.32 Å². The van der Waals surface area contributed by atoms with Crippen LogP contribution in [0, 0.1) is 0 Å². The summed E-state index contributed by atoms with van der Waals surface area (Å²) in [6.07, 6.45) is 2.43. The summed E-state index contributed by atoms with van der Waals surface area (Å²) in [6, 6.07) is 0.0950. The highest BCUT2D eigenvalue weighted by molar-refractivity contribution is 4.78. The maximum atomic E-state index is 11.7. The van der Waals surface area contributed by atoms with Crippen molar-refractivity contribution in [1.29, 1.82) is 0 Å². The molecule has 0 heterocycles. The van der Waals surface area contributed by atoms with Gasteiger partial charge in [-0.05, 0) is 12.8 Å². The predicted molar refractivity (Wildman–Crippen MR) is 57.7 cm³/mol. The van der Waals surface area contributed by atoms with Crippen LogP contribution >= 0.6 is 0 Å². The van der Waals surface area contributed by atoms with Gasteiger partial charge in [-0.3, -0.25) is 0 Å². The molecule has 96 valence electrons. The highest BCUT2D eigenvalue weighted by Crippen LogP contribution is 2.17. The Bertz CT molecular complexity index is 181. The molecule has 3 nitrogen and oxygen atoms in total. The Kier molecular flexibility index (Phi) is 6.84. The fourth-order valence-corrected chi connectivity index (χ4v) is 2.02. The summed E-state index contributed by atoms with van der Waals surface area (Å²) < 4.78 is 28.3. The minimum atomic E-state index is -2.40. The molecule has 2 atom stereocenters. The number of hydrogen-bond acceptors (Lipinski definition) is 3. The van der Waals surface area contributed by atoms with E-state index in [4.69, 9.17) is 4.74 Å². The predicted octanol–water partition coefficient (Wildman–Crippen LogP) is 1.55. The number of ether oxygens (including phenoxy) is 1. The molecule has 0 radical (unpaired) electrons. The third-order valence-electron chi connectivity index (χ3n) is 2.88. The van der Waals surface area contributed by atoms with Crippen molar-refractivity contribution in [3.8, 4) is 0 Å². The molecule has 0 amide bonds. The third kappa shape index (κ3) is 5.72. The molecule has 1 aliphatic carbocycles. The average Bonchev–Trinajstić information content (AvgIpc) is 2.43. The number of rotatable bonds is 6. The van der Waals surface area contributed by atoms with Crippen molar-refractivity contribution in [3.05, 3.63) is 0 Å². The van der Waals surface area contributed by atoms with Crippen LogP contribution in [0.4, 0.5) is 8.78 Å². The first-order chi connectivity index (χ1) is 7.70. The third-order valence-corrected chi connectivity index (χ3v) is 2.88. The molecule has 2 N–H and O–H groups in total. The van der Waals surface area contributed by atoms with Crippen molar-refractivity contribution >= 4 is 0 Å². The van der Waals surface area contributed by atoms with Crippen LogP contribution in [0.5, 0.6) is 0 Å². The SMILES string of the molecule is OC1CCCCCC1NCCOCC(F)F. The van der Waals surface area contributed by atoms with Gasteiger partial charge in [-0.2, -0.15) is 0 Å². The summed E-state index contributed by atoms with van der Waals surface area (Å²) in [5, 5.41) is 12.9. The number of nitrogens with one attached hydrogen (secondary N) is 1. The summed E-state index contributed by atoms with van der Waals surface area (Å²) >= 11 is 0. The maximum Gasteiger partial charge on any atom is 0.261 e. The van der Waals surface area contributed by atoms with Crippen LogP contribution in [0.2, 0.25) is 0 Å². The molecule has 16 heavy (non-hydrogen) atoms. The molecule has 1 saturated carbocycles. The molecule has 1 aliphatic rings. The molecule has 0 saturated heterocycles. The van der Waals surface area contributed by atoms with Gasteiger partial charge in [0.15, 0.2) is 0 Å². The molecule has 2 unspecified atom stereocenters. The van der Waals surface area contributed by atoms with Gasteiger partial charge in [0, 0.05) is 12.6 Å². The van der Waals surface area contributed by atoms with Gasteiger partial charge in [0.25, 0.3) is 6.43 Å². The first-order valence-electron chi connectivity index (χ1n) is 5.97. The minimum Gasteiger partial charge on any atom is -0.392 e. The van der Waals surface area contributed by atoms with Crippen LogP contribution in [0.1, 0.15) is 32.1 Å². The van der Waals surface area contributed by atoms with Crippen molar-refractivity contribution < 1.29 is 18.6 Å². The van der Waals surface area contributed by atoms with Crippen molar-refractivity contribution in [3.63, 3.8) is 0 Å². The lowest BCUT2D eigenvalue weighted by atomic mass is 10.1. The molecule has 0 aliphatic heterocycles. The van der Waals surface area contributed by atoms with Crippen LogP contribution in [-0.4, -0.2) is 43.4 Å². The van der Waals surface area contributed by atoms with Gasteiger partial charge in [0.2, 0.25) is 0 Å². The summed E-state index contributed by atoms with van der Waals surface area (Å²) in [4.78, 5) is 0. The van der Waals surface area contributed by atoms with E-state index in [1.54, 1.807) is 0 Å². The second-order valence-corrected chi connectivity index (χ2v) is 4.23. The van der Waals surface area contributed by atoms with Gasteiger partial charge in [0.1, 0.15) is 6.61 Å². The largest absolute Gasteiger partial charge is 0.392 e. The number of alkyl halides is 2. The molecule has 5 heteroatoms. The Hall–Kier alpha value is -0.260. The number of aliphatic hydroxyl groups excluding tert-OH is 1. The quantitative estimate of drug-likeness (QED) is 0.544. The normalized spacial score (nSPS) is 27.0. The standard InChI is InChI=1S/C11H21F2NO2/c12-11(13)8-16-7-6-14-9-4-2-1-3-5-10(9)15/h9-11,14-15H,1-8H2. The Morgan fingerprint density at radius 1 is 1.25 bits per heavy atom. The summed E-state index contributed by atoms with van der Waals surface area (Å²) in [5.74, 6) is 0. The molecule has 0 spiro atoms. The zero-order valence-corrected chi connectivity index (χ0v) is 9.50. The van der Waals surface area contributed by atoms with Gasteiger partial charge in [-0.1, -0.05) is 19.3 Å². The van der Waals surface area contributed by atoms with Crippen LogP contribution in [0.3, 0.4) is 0 Å². The molecule has 1 rings (SSSR count). The maximum absolute atomic E-state index is 11.7. The summed E-state index contributed by atoms with van der Waals surface area (Å²) in [5.41, 5.74) is 0. The van der Waals surface area contributed by atoms with Gasteiger partial charge in [0.05, 0.1) is 12.7 Å². The van der Waals surface area contributed by atoms with Crippen LogP contribution in [0.25, 0.3) is 0 Å². The van der Waals surface area contributed by atoms with E-state index in [0.29, 0.717) is 6.54 Å². The number of aliphatic hydroxyl groups is 1. The van der Waals surface area contributed by atoms with E-state index in [0.717, 1.165) is 32.1 Å². The topological polar surface area (TPSA) is 41.5 Å². The Morgan fingerprint density at radius 3 is 2.75 bits per heavy atom.